The molecule has 0 radical (unpaired) electrons. The van der Waals surface area contributed by atoms with Crippen molar-refractivity contribution in [2.24, 2.45) is 7.05 Å². The molecule has 0 saturated heterocycles. The van der Waals surface area contributed by atoms with E-state index in [0.29, 0.717) is 5.69 Å². The Balaban J connectivity index is 0.00000242. The zero-order valence-corrected chi connectivity index (χ0v) is 13.6. The van der Waals surface area contributed by atoms with Gasteiger partial charge >= 0.3 is 0 Å². The quantitative estimate of drug-likeness (QED) is 0.395. The van der Waals surface area contributed by atoms with Gasteiger partial charge in [0.25, 0.3) is 5.69 Å². The first-order valence-corrected chi connectivity index (χ1v) is 6.69. The van der Waals surface area contributed by atoms with E-state index in [9.17, 15) is 10.1 Å². The maximum Gasteiger partial charge on any atom is 0.294 e. The summed E-state index contributed by atoms with van der Waals surface area (Å²) < 4.78 is 4.05. The number of benzene rings is 1. The molecule has 22 heavy (non-hydrogen) atoms. The lowest BCUT2D eigenvalue weighted by Crippen LogP contribution is -3.00. The second-order valence-corrected chi connectivity index (χ2v) is 4.95. The Morgan fingerprint density at radius 1 is 1.45 bits per heavy atom. The molecule has 0 saturated carbocycles. The van der Waals surface area contributed by atoms with E-state index >= 15 is 0 Å². The summed E-state index contributed by atoms with van der Waals surface area (Å²) >= 11 is 0. The Bertz CT molecular complexity index is 644. The fraction of sp³-hybridized carbons (Fsp3) is 0.357. The largest absolute Gasteiger partial charge is 1.00 e. The summed E-state index contributed by atoms with van der Waals surface area (Å²) in [6, 6.07) is 5.22. The molecule has 1 aromatic heterocycles. The molecule has 0 atom stereocenters. The number of rotatable bonds is 6. The molecule has 7 nitrogen and oxygen atoms in total. The Kier molecular flexibility index (Phi) is 6.18. The maximum absolute atomic E-state index is 11.1. The highest BCUT2D eigenvalue weighted by molar-refractivity contribution is 5.68. The van der Waals surface area contributed by atoms with Gasteiger partial charge in [-0.05, 0) is 12.1 Å². The summed E-state index contributed by atoms with van der Waals surface area (Å²) in [5, 5.41) is 13.9. The topological polar surface area (TPSA) is 67.2 Å². The number of halogens is 1. The summed E-state index contributed by atoms with van der Waals surface area (Å²) in [6.45, 7) is 1.59. The van der Waals surface area contributed by atoms with Crippen molar-refractivity contribution >= 4 is 17.1 Å². The Labute approximate surface area is 135 Å². The van der Waals surface area contributed by atoms with Crippen molar-refractivity contribution in [3.05, 3.63) is 47.0 Å². The van der Waals surface area contributed by atoms with Crippen molar-refractivity contribution in [3.8, 4) is 0 Å². The minimum absolute atomic E-state index is 0. The van der Waals surface area contributed by atoms with Gasteiger partial charge in [0.05, 0.1) is 18.5 Å². The highest BCUT2D eigenvalue weighted by Crippen LogP contribution is 2.28. The van der Waals surface area contributed by atoms with Crippen LogP contribution in [0, 0.1) is 10.1 Å². The minimum Gasteiger partial charge on any atom is -1.00 e. The highest BCUT2D eigenvalue weighted by atomic mass is 35.5. The van der Waals surface area contributed by atoms with E-state index < -0.39 is 0 Å². The van der Waals surface area contributed by atoms with Gasteiger partial charge in [0.2, 0.25) is 6.33 Å². The van der Waals surface area contributed by atoms with E-state index in [2.05, 4.69) is 9.88 Å². The average molecular weight is 326 g/mol. The monoisotopic (exact) mass is 325 g/mol. The number of aryl methyl sites for hydroxylation is 1. The summed E-state index contributed by atoms with van der Waals surface area (Å²) in [7, 11) is 5.58. The van der Waals surface area contributed by atoms with Crippen molar-refractivity contribution in [1.29, 1.82) is 0 Å². The van der Waals surface area contributed by atoms with Crippen molar-refractivity contribution in [1.82, 2.24) is 4.57 Å². The molecule has 2 aromatic rings. The van der Waals surface area contributed by atoms with Gasteiger partial charge in [-0.2, -0.15) is 0 Å². The van der Waals surface area contributed by atoms with Gasteiger partial charge in [-0.1, -0.05) is 0 Å². The van der Waals surface area contributed by atoms with Gasteiger partial charge in [0.1, 0.15) is 24.6 Å². The molecule has 120 valence electrons. The van der Waals surface area contributed by atoms with Gasteiger partial charge < -0.3 is 22.6 Å². The molecule has 0 aliphatic carbocycles. The third-order valence-electron chi connectivity index (χ3n) is 3.41. The number of anilines is 2. The average Bonchev–Trinajstić information content (AvgIpc) is 2.89. The van der Waals surface area contributed by atoms with E-state index in [1.807, 2.05) is 48.3 Å². The van der Waals surface area contributed by atoms with Gasteiger partial charge in [0, 0.05) is 25.8 Å². The van der Waals surface area contributed by atoms with Crippen LogP contribution >= 0.6 is 0 Å². The zero-order chi connectivity index (χ0) is 15.4. The lowest BCUT2D eigenvalue weighted by atomic mass is 10.2. The Morgan fingerprint density at radius 2 is 2.18 bits per heavy atom. The molecule has 8 heteroatoms. The van der Waals surface area contributed by atoms with Crippen LogP contribution in [0.1, 0.15) is 0 Å². The van der Waals surface area contributed by atoms with Crippen LogP contribution in [0.2, 0.25) is 0 Å². The molecule has 0 unspecified atom stereocenters. The second kappa shape index (κ2) is 7.65. The zero-order valence-electron chi connectivity index (χ0n) is 12.9. The second-order valence-electron chi connectivity index (χ2n) is 4.95. The molecule has 0 aliphatic rings. The van der Waals surface area contributed by atoms with Gasteiger partial charge in [-0.25, -0.2) is 9.13 Å². The summed E-state index contributed by atoms with van der Waals surface area (Å²) in [4.78, 5) is 12.7. The molecule has 0 bridgehead atoms. The molecule has 0 aliphatic heterocycles. The summed E-state index contributed by atoms with van der Waals surface area (Å²) in [5.74, 6) is 0. The molecular weight excluding hydrogens is 306 g/mol. The number of hydrogen-bond acceptors (Lipinski definition) is 4. The lowest BCUT2D eigenvalue weighted by molar-refractivity contribution is -0.671. The number of imidazole rings is 1. The van der Waals surface area contributed by atoms with Crippen LogP contribution < -0.4 is 27.2 Å². The van der Waals surface area contributed by atoms with Crippen molar-refractivity contribution in [2.75, 3.05) is 30.9 Å². The van der Waals surface area contributed by atoms with Crippen molar-refractivity contribution in [2.45, 2.75) is 6.54 Å². The summed E-state index contributed by atoms with van der Waals surface area (Å²) in [5.41, 5.74) is 1.45. The van der Waals surface area contributed by atoms with E-state index in [4.69, 9.17) is 0 Å². The first-order chi connectivity index (χ1) is 10.0. The lowest BCUT2D eigenvalue weighted by Gasteiger charge is -2.18. The Hall–Kier alpha value is -2.28. The van der Waals surface area contributed by atoms with Crippen molar-refractivity contribution < 1.29 is 21.9 Å². The molecule has 1 aromatic carbocycles. The minimum atomic E-state index is -0.366. The third-order valence-corrected chi connectivity index (χ3v) is 3.41. The smallest absolute Gasteiger partial charge is 0.294 e. The molecule has 1 heterocycles. The highest BCUT2D eigenvalue weighted by Gasteiger charge is 2.15. The van der Waals surface area contributed by atoms with Crippen LogP contribution in [0.4, 0.5) is 17.1 Å². The van der Waals surface area contributed by atoms with E-state index in [-0.39, 0.29) is 23.0 Å². The first kappa shape index (κ1) is 17.8. The number of nitrogens with zero attached hydrogens (tertiary/aromatic N) is 4. The van der Waals surface area contributed by atoms with Gasteiger partial charge in [-0.15, -0.1) is 0 Å². The predicted molar refractivity (Wildman–Crippen MR) is 81.5 cm³/mol. The van der Waals surface area contributed by atoms with Crippen molar-refractivity contribution in [3.63, 3.8) is 0 Å². The van der Waals surface area contributed by atoms with Crippen LogP contribution in [-0.2, 0) is 13.6 Å². The fourth-order valence-corrected chi connectivity index (χ4v) is 2.15. The molecule has 0 fully saturated rings. The molecule has 0 amide bonds. The molecule has 2 rings (SSSR count). The van der Waals surface area contributed by atoms with Gasteiger partial charge in [-0.3, -0.25) is 10.1 Å². The number of likely N-dealkylation sites (N-methyl/N-ethyl adjacent to an activating group) is 1. The molecule has 0 spiro atoms. The maximum atomic E-state index is 11.1. The first-order valence-electron chi connectivity index (χ1n) is 6.69. The van der Waals surface area contributed by atoms with Crippen LogP contribution in [0.15, 0.2) is 36.9 Å². The van der Waals surface area contributed by atoms with Crippen LogP contribution in [-0.4, -0.2) is 30.1 Å². The Morgan fingerprint density at radius 3 is 2.73 bits per heavy atom. The van der Waals surface area contributed by atoms with Crippen LogP contribution in [0.25, 0.3) is 0 Å². The molecule has 1 N–H and O–H groups in total. The van der Waals surface area contributed by atoms with Crippen LogP contribution in [0.3, 0.4) is 0 Å². The van der Waals surface area contributed by atoms with Gasteiger partial charge in [0.15, 0.2) is 0 Å². The number of hydrogen-bond donors (Lipinski definition) is 1. The number of aromatic nitrogens is 2. The summed E-state index contributed by atoms with van der Waals surface area (Å²) in [6.07, 6.45) is 5.98. The van der Waals surface area contributed by atoms with Crippen LogP contribution in [0.5, 0.6) is 0 Å². The SMILES string of the molecule is CNc1ccc(N(C)CCn2cc[n+](C)c2)cc1[N+](=O)[O-].[Cl-]. The normalized spacial score (nSPS) is 9.95. The third kappa shape index (κ3) is 4.11. The van der Waals surface area contributed by atoms with E-state index in [1.165, 1.54) is 0 Å². The van der Waals surface area contributed by atoms with E-state index in [0.717, 1.165) is 18.8 Å². The number of nitro benzene ring substituents is 1. The number of nitrogens with one attached hydrogen (secondary N) is 1. The standard InChI is InChI=1S/C14H20N5O2.ClH/c1-15-13-5-4-12(10-14(13)19(20)21)17(3)7-9-18-8-6-16(2)11-18;/h4-6,8,10-11,15H,7,9H2,1-3H3;1H/q+1;/p-1. The number of nitro groups is 1. The predicted octanol–water partition coefficient (Wildman–Crippen LogP) is -1.60. The molecular formula is C14H20ClN5O2. The van der Waals surface area contributed by atoms with E-state index in [1.54, 1.807) is 19.2 Å². The fourth-order valence-electron chi connectivity index (χ4n) is 2.15.